The third-order valence-corrected chi connectivity index (χ3v) is 4.76. The van der Waals surface area contributed by atoms with Crippen molar-refractivity contribution < 1.29 is 19.1 Å². The standard InChI is InChI=1S/C20H21BrClNO4/c1-12(2)18(23-19(24)15-6-4-5-7-16(15)22)20(25)27-11-13-10-14(21)8-9-17(13)26-3/h4-10,12,18H,11H2,1-3H3,(H,23,24)/t18-/m1/s1. The maximum Gasteiger partial charge on any atom is 0.329 e. The van der Waals surface area contributed by atoms with Gasteiger partial charge in [-0.2, -0.15) is 0 Å². The van der Waals surface area contributed by atoms with Crippen LogP contribution in [0.5, 0.6) is 5.75 Å². The second-order valence-corrected chi connectivity index (χ2v) is 7.56. The van der Waals surface area contributed by atoms with Crippen LogP contribution in [0.3, 0.4) is 0 Å². The van der Waals surface area contributed by atoms with E-state index in [0.717, 1.165) is 10.0 Å². The summed E-state index contributed by atoms with van der Waals surface area (Å²) >= 11 is 9.44. The van der Waals surface area contributed by atoms with Crippen LogP contribution in [0, 0.1) is 5.92 Å². The van der Waals surface area contributed by atoms with E-state index in [0.29, 0.717) is 16.3 Å². The molecule has 7 heteroatoms. The Bertz CT molecular complexity index is 825. The summed E-state index contributed by atoms with van der Waals surface area (Å²) in [5, 5.41) is 3.04. The van der Waals surface area contributed by atoms with Crippen LogP contribution in [0.25, 0.3) is 0 Å². The smallest absolute Gasteiger partial charge is 0.329 e. The van der Waals surface area contributed by atoms with Gasteiger partial charge in [0, 0.05) is 10.0 Å². The largest absolute Gasteiger partial charge is 0.496 e. The van der Waals surface area contributed by atoms with Gasteiger partial charge in [0.2, 0.25) is 0 Å². The topological polar surface area (TPSA) is 64.6 Å². The first-order valence-electron chi connectivity index (χ1n) is 8.38. The molecular weight excluding hydrogens is 434 g/mol. The molecule has 0 aliphatic heterocycles. The first kappa shape index (κ1) is 21.3. The number of halogens is 2. The van der Waals surface area contributed by atoms with E-state index < -0.39 is 17.9 Å². The van der Waals surface area contributed by atoms with Crippen molar-refractivity contribution in [1.29, 1.82) is 0 Å². The lowest BCUT2D eigenvalue weighted by Gasteiger charge is -2.21. The molecule has 2 aromatic rings. The Morgan fingerprint density at radius 1 is 1.19 bits per heavy atom. The zero-order chi connectivity index (χ0) is 20.0. The molecule has 0 aliphatic carbocycles. The molecular formula is C20H21BrClNO4. The number of hydrogen-bond acceptors (Lipinski definition) is 4. The molecule has 0 heterocycles. The summed E-state index contributed by atoms with van der Waals surface area (Å²) in [6.45, 7) is 3.70. The molecule has 144 valence electrons. The highest BCUT2D eigenvalue weighted by molar-refractivity contribution is 9.10. The number of amides is 1. The minimum Gasteiger partial charge on any atom is -0.496 e. The summed E-state index contributed by atoms with van der Waals surface area (Å²) in [5.41, 5.74) is 1.03. The minimum absolute atomic E-state index is 0.0344. The van der Waals surface area contributed by atoms with Gasteiger partial charge in [0.25, 0.3) is 5.91 Å². The van der Waals surface area contributed by atoms with Gasteiger partial charge >= 0.3 is 5.97 Å². The van der Waals surface area contributed by atoms with E-state index in [2.05, 4.69) is 21.2 Å². The lowest BCUT2D eigenvalue weighted by atomic mass is 10.0. The van der Waals surface area contributed by atoms with Gasteiger partial charge in [0.15, 0.2) is 0 Å². The van der Waals surface area contributed by atoms with Crippen LogP contribution in [0.1, 0.15) is 29.8 Å². The molecule has 0 aliphatic rings. The molecule has 0 saturated carbocycles. The second-order valence-electron chi connectivity index (χ2n) is 6.24. The molecule has 2 aromatic carbocycles. The molecule has 0 radical (unpaired) electrons. The van der Waals surface area contributed by atoms with E-state index in [-0.39, 0.29) is 12.5 Å². The fourth-order valence-electron chi connectivity index (χ4n) is 2.46. The molecule has 0 saturated heterocycles. The van der Waals surface area contributed by atoms with Crippen molar-refractivity contribution in [3.8, 4) is 5.75 Å². The summed E-state index contributed by atoms with van der Waals surface area (Å²) in [7, 11) is 1.55. The highest BCUT2D eigenvalue weighted by Gasteiger charge is 2.27. The summed E-state index contributed by atoms with van der Waals surface area (Å²) in [4.78, 5) is 25.0. The quantitative estimate of drug-likeness (QED) is 0.621. The Morgan fingerprint density at radius 3 is 2.52 bits per heavy atom. The van der Waals surface area contributed by atoms with Gasteiger partial charge in [-0.05, 0) is 36.2 Å². The summed E-state index contributed by atoms with van der Waals surface area (Å²) in [6, 6.07) is 11.3. The molecule has 0 bridgehead atoms. The number of esters is 1. The number of carbonyl (C=O) groups is 2. The number of ether oxygens (including phenoxy) is 2. The fraction of sp³-hybridized carbons (Fsp3) is 0.300. The maximum atomic E-state index is 12.6. The van der Waals surface area contributed by atoms with Crippen LogP contribution >= 0.6 is 27.5 Å². The van der Waals surface area contributed by atoms with E-state index in [1.807, 2.05) is 26.0 Å². The maximum absolute atomic E-state index is 12.6. The van der Waals surface area contributed by atoms with Gasteiger partial charge in [-0.15, -0.1) is 0 Å². The van der Waals surface area contributed by atoms with E-state index in [1.54, 1.807) is 37.4 Å². The van der Waals surface area contributed by atoms with E-state index in [9.17, 15) is 9.59 Å². The first-order valence-corrected chi connectivity index (χ1v) is 9.55. The van der Waals surface area contributed by atoms with Gasteiger partial charge in [-0.25, -0.2) is 4.79 Å². The van der Waals surface area contributed by atoms with Crippen LogP contribution in [-0.4, -0.2) is 25.0 Å². The first-order chi connectivity index (χ1) is 12.8. The zero-order valence-electron chi connectivity index (χ0n) is 15.3. The Morgan fingerprint density at radius 2 is 1.89 bits per heavy atom. The lowest BCUT2D eigenvalue weighted by Crippen LogP contribution is -2.45. The Hall–Kier alpha value is -2.05. The Balaban J connectivity index is 2.08. The molecule has 1 N–H and O–H groups in total. The van der Waals surface area contributed by atoms with Crippen molar-refractivity contribution in [2.24, 2.45) is 5.92 Å². The number of rotatable bonds is 7. The second kappa shape index (κ2) is 9.76. The Kier molecular flexibility index (Phi) is 7.68. The molecule has 0 aromatic heterocycles. The van der Waals surface area contributed by atoms with Crippen molar-refractivity contribution in [3.63, 3.8) is 0 Å². The molecule has 0 unspecified atom stereocenters. The lowest BCUT2D eigenvalue weighted by molar-refractivity contribution is -0.148. The van der Waals surface area contributed by atoms with Crippen molar-refractivity contribution in [2.45, 2.75) is 26.5 Å². The minimum atomic E-state index is -0.799. The van der Waals surface area contributed by atoms with Crippen molar-refractivity contribution in [3.05, 3.63) is 63.1 Å². The average molecular weight is 455 g/mol. The molecule has 1 amide bonds. The Labute approximate surface area is 172 Å². The molecule has 5 nitrogen and oxygen atoms in total. The number of hydrogen-bond donors (Lipinski definition) is 1. The monoisotopic (exact) mass is 453 g/mol. The number of benzene rings is 2. The van der Waals surface area contributed by atoms with Crippen LogP contribution in [0.2, 0.25) is 5.02 Å². The van der Waals surface area contributed by atoms with E-state index >= 15 is 0 Å². The van der Waals surface area contributed by atoms with Crippen LogP contribution < -0.4 is 10.1 Å². The summed E-state index contributed by atoms with van der Waals surface area (Å²) in [6.07, 6.45) is 0. The van der Waals surface area contributed by atoms with Gasteiger partial charge in [-0.3, -0.25) is 4.79 Å². The number of carbonyl (C=O) groups excluding carboxylic acids is 2. The van der Waals surface area contributed by atoms with Crippen LogP contribution in [-0.2, 0) is 16.1 Å². The molecule has 2 rings (SSSR count). The SMILES string of the molecule is COc1ccc(Br)cc1COC(=O)[C@H](NC(=O)c1ccccc1Cl)C(C)C. The van der Waals surface area contributed by atoms with Gasteiger partial charge in [0.1, 0.15) is 18.4 Å². The molecule has 27 heavy (non-hydrogen) atoms. The summed E-state index contributed by atoms with van der Waals surface area (Å²) < 4.78 is 11.6. The van der Waals surface area contributed by atoms with Gasteiger partial charge in [0.05, 0.1) is 17.7 Å². The summed E-state index contributed by atoms with van der Waals surface area (Å²) in [5.74, 6) is -0.482. The van der Waals surface area contributed by atoms with Crippen molar-refractivity contribution in [2.75, 3.05) is 7.11 Å². The normalized spacial score (nSPS) is 11.8. The zero-order valence-corrected chi connectivity index (χ0v) is 17.6. The van der Waals surface area contributed by atoms with E-state index in [4.69, 9.17) is 21.1 Å². The van der Waals surface area contributed by atoms with Crippen LogP contribution in [0.15, 0.2) is 46.9 Å². The predicted molar refractivity (Wildman–Crippen MR) is 108 cm³/mol. The molecule has 0 fully saturated rings. The number of nitrogens with one attached hydrogen (secondary N) is 1. The third-order valence-electron chi connectivity index (χ3n) is 3.94. The van der Waals surface area contributed by atoms with Crippen LogP contribution in [0.4, 0.5) is 0 Å². The van der Waals surface area contributed by atoms with Gasteiger partial charge < -0.3 is 14.8 Å². The van der Waals surface area contributed by atoms with Gasteiger partial charge in [-0.1, -0.05) is 53.5 Å². The molecule has 1 atom stereocenters. The van der Waals surface area contributed by atoms with Crippen molar-refractivity contribution >= 4 is 39.4 Å². The van der Waals surface area contributed by atoms with E-state index in [1.165, 1.54) is 0 Å². The molecule has 0 spiro atoms. The highest BCUT2D eigenvalue weighted by Crippen LogP contribution is 2.24. The average Bonchev–Trinajstić information content (AvgIpc) is 2.64. The third kappa shape index (κ3) is 5.71. The fourth-order valence-corrected chi connectivity index (χ4v) is 3.09. The highest BCUT2D eigenvalue weighted by atomic mass is 79.9. The predicted octanol–water partition coefficient (Wildman–Crippen LogP) is 4.61. The van der Waals surface area contributed by atoms with Crippen molar-refractivity contribution in [1.82, 2.24) is 5.32 Å². The number of methoxy groups -OCH3 is 1.